The zero-order chi connectivity index (χ0) is 14.4. The fraction of sp³-hybridized carbons (Fsp3) is 0.222. The van der Waals surface area contributed by atoms with Gasteiger partial charge in [0.2, 0.25) is 0 Å². The lowest BCUT2D eigenvalue weighted by molar-refractivity contribution is 0.420. The summed E-state index contributed by atoms with van der Waals surface area (Å²) in [5, 5.41) is 3.44. The molecule has 0 radical (unpaired) electrons. The molecule has 3 heteroatoms. The van der Waals surface area contributed by atoms with Crippen LogP contribution >= 0.6 is 15.9 Å². The number of halogens is 2. The van der Waals surface area contributed by atoms with Crippen molar-refractivity contribution >= 4 is 21.6 Å². The SMILES string of the molecule is Fc1cc(Br)cc2c1N[C@H](c1ccccc1)[C@H]1CC=C[C@H]21. The second-order valence-corrected chi connectivity index (χ2v) is 6.65. The molecule has 2 aromatic carbocycles. The molecule has 0 amide bonds. The first-order valence-electron chi connectivity index (χ1n) is 7.21. The third-order valence-electron chi connectivity index (χ3n) is 4.54. The minimum absolute atomic E-state index is 0.161. The Morgan fingerprint density at radius 2 is 1.95 bits per heavy atom. The first kappa shape index (κ1) is 13.1. The van der Waals surface area contributed by atoms with Crippen molar-refractivity contribution in [3.63, 3.8) is 0 Å². The summed E-state index contributed by atoms with van der Waals surface area (Å²) < 4.78 is 15.2. The molecular formula is C18H15BrFN. The van der Waals surface area contributed by atoms with Crippen LogP contribution in [0.25, 0.3) is 0 Å². The maximum atomic E-state index is 14.4. The van der Waals surface area contributed by atoms with Crippen molar-refractivity contribution in [2.75, 3.05) is 5.32 Å². The second kappa shape index (κ2) is 4.99. The molecule has 1 aliphatic heterocycles. The van der Waals surface area contributed by atoms with Gasteiger partial charge in [0.1, 0.15) is 5.82 Å². The van der Waals surface area contributed by atoms with Gasteiger partial charge in [0.15, 0.2) is 0 Å². The van der Waals surface area contributed by atoms with E-state index in [1.807, 2.05) is 24.3 Å². The average molecular weight is 344 g/mol. The standard InChI is InChI=1S/C18H15BrFN/c19-12-9-15-13-7-4-8-14(13)17(11-5-2-1-3-6-11)21-18(15)16(20)10-12/h1-7,9-10,13-14,17,21H,8H2/t13-,14-,17+/m0/s1. The van der Waals surface area contributed by atoms with E-state index >= 15 is 0 Å². The zero-order valence-corrected chi connectivity index (χ0v) is 13.0. The molecule has 0 spiro atoms. The zero-order valence-electron chi connectivity index (χ0n) is 11.4. The molecule has 1 heterocycles. The summed E-state index contributed by atoms with van der Waals surface area (Å²) in [4.78, 5) is 0. The third-order valence-corrected chi connectivity index (χ3v) is 5.00. The third kappa shape index (κ3) is 2.11. The van der Waals surface area contributed by atoms with Crippen molar-refractivity contribution in [3.05, 3.63) is 76.0 Å². The van der Waals surface area contributed by atoms with E-state index < -0.39 is 0 Å². The van der Waals surface area contributed by atoms with E-state index in [4.69, 9.17) is 0 Å². The lowest BCUT2D eigenvalue weighted by atomic mass is 9.77. The minimum atomic E-state index is -0.181. The van der Waals surface area contributed by atoms with Crippen LogP contribution in [0.15, 0.2) is 59.1 Å². The highest BCUT2D eigenvalue weighted by Crippen LogP contribution is 2.50. The lowest BCUT2D eigenvalue weighted by Crippen LogP contribution is -2.29. The van der Waals surface area contributed by atoms with Crippen LogP contribution in [0.3, 0.4) is 0 Å². The number of hydrogen-bond acceptors (Lipinski definition) is 1. The fourth-order valence-corrected chi connectivity index (χ4v) is 4.06. The van der Waals surface area contributed by atoms with Crippen molar-refractivity contribution in [1.82, 2.24) is 0 Å². The van der Waals surface area contributed by atoms with Crippen LogP contribution in [-0.2, 0) is 0 Å². The highest BCUT2D eigenvalue weighted by molar-refractivity contribution is 9.10. The maximum absolute atomic E-state index is 14.4. The molecule has 0 saturated carbocycles. The van der Waals surface area contributed by atoms with E-state index in [-0.39, 0.29) is 11.9 Å². The van der Waals surface area contributed by atoms with Crippen molar-refractivity contribution in [2.45, 2.75) is 18.4 Å². The van der Waals surface area contributed by atoms with Crippen LogP contribution in [0, 0.1) is 11.7 Å². The van der Waals surface area contributed by atoms with Gasteiger partial charge >= 0.3 is 0 Å². The Hall–Kier alpha value is -1.61. The monoisotopic (exact) mass is 343 g/mol. The van der Waals surface area contributed by atoms with E-state index in [1.54, 1.807) is 0 Å². The first-order valence-corrected chi connectivity index (χ1v) is 8.00. The normalized spacial score (nSPS) is 26.1. The van der Waals surface area contributed by atoms with Crippen LogP contribution in [0.5, 0.6) is 0 Å². The van der Waals surface area contributed by atoms with Gasteiger partial charge in [0, 0.05) is 10.4 Å². The first-order chi connectivity index (χ1) is 10.2. The van der Waals surface area contributed by atoms with Crippen molar-refractivity contribution < 1.29 is 4.39 Å². The van der Waals surface area contributed by atoms with Crippen LogP contribution in [0.1, 0.15) is 29.5 Å². The molecule has 2 aliphatic rings. The summed E-state index contributed by atoms with van der Waals surface area (Å²) in [5.41, 5.74) is 2.94. The molecule has 0 aromatic heterocycles. The molecule has 1 nitrogen and oxygen atoms in total. The highest BCUT2D eigenvalue weighted by atomic mass is 79.9. The molecule has 0 bridgehead atoms. The number of allylic oxidation sites excluding steroid dienone is 2. The number of fused-ring (bicyclic) bond motifs is 3. The molecule has 1 N–H and O–H groups in total. The summed E-state index contributed by atoms with van der Waals surface area (Å²) in [6.45, 7) is 0. The predicted octanol–water partition coefficient (Wildman–Crippen LogP) is 5.41. The molecule has 0 unspecified atom stereocenters. The van der Waals surface area contributed by atoms with E-state index in [0.29, 0.717) is 17.5 Å². The largest absolute Gasteiger partial charge is 0.375 e. The molecule has 106 valence electrons. The van der Waals surface area contributed by atoms with Crippen molar-refractivity contribution in [2.24, 2.45) is 5.92 Å². The molecule has 0 saturated heterocycles. The van der Waals surface area contributed by atoms with Gasteiger partial charge in [-0.15, -0.1) is 0 Å². The Bertz CT molecular complexity index is 711. The van der Waals surface area contributed by atoms with Gasteiger partial charge in [-0.05, 0) is 35.6 Å². The van der Waals surface area contributed by atoms with Gasteiger partial charge in [-0.3, -0.25) is 0 Å². The summed E-state index contributed by atoms with van der Waals surface area (Å²) in [6, 6.07) is 14.1. The number of rotatable bonds is 1. The van der Waals surface area contributed by atoms with Crippen LogP contribution in [-0.4, -0.2) is 0 Å². The fourth-order valence-electron chi connectivity index (χ4n) is 3.61. The number of nitrogens with one attached hydrogen (secondary N) is 1. The molecule has 3 atom stereocenters. The van der Waals surface area contributed by atoms with Crippen molar-refractivity contribution in [3.8, 4) is 0 Å². The second-order valence-electron chi connectivity index (χ2n) is 5.74. The molecule has 2 aromatic rings. The Kier molecular flexibility index (Phi) is 3.11. The average Bonchev–Trinajstić information content (AvgIpc) is 2.97. The van der Waals surface area contributed by atoms with Gasteiger partial charge in [0.05, 0.1) is 11.7 Å². The van der Waals surface area contributed by atoms with Gasteiger partial charge < -0.3 is 5.32 Å². The molecular weight excluding hydrogens is 329 g/mol. The van der Waals surface area contributed by atoms with Gasteiger partial charge in [-0.25, -0.2) is 4.39 Å². The molecule has 0 fully saturated rings. The van der Waals surface area contributed by atoms with E-state index in [9.17, 15) is 4.39 Å². The van der Waals surface area contributed by atoms with Crippen LogP contribution in [0.4, 0.5) is 10.1 Å². The highest BCUT2D eigenvalue weighted by Gasteiger charge is 2.38. The Morgan fingerprint density at radius 3 is 2.76 bits per heavy atom. The van der Waals surface area contributed by atoms with Gasteiger partial charge in [-0.2, -0.15) is 0 Å². The van der Waals surface area contributed by atoms with E-state index in [1.165, 1.54) is 11.6 Å². The van der Waals surface area contributed by atoms with Crippen LogP contribution < -0.4 is 5.32 Å². The van der Waals surface area contributed by atoms with E-state index in [0.717, 1.165) is 16.5 Å². The topological polar surface area (TPSA) is 12.0 Å². The number of hydrogen-bond donors (Lipinski definition) is 1. The Labute approximate surface area is 132 Å². The summed E-state index contributed by atoms with van der Waals surface area (Å²) in [5.74, 6) is 0.561. The maximum Gasteiger partial charge on any atom is 0.147 e. The quantitative estimate of drug-likeness (QED) is 0.682. The molecule has 1 aliphatic carbocycles. The number of anilines is 1. The summed E-state index contributed by atoms with van der Waals surface area (Å²) in [7, 11) is 0. The van der Waals surface area contributed by atoms with E-state index in [2.05, 4.69) is 45.5 Å². The lowest BCUT2D eigenvalue weighted by Gasteiger charge is -2.37. The molecule has 4 rings (SSSR count). The summed E-state index contributed by atoms with van der Waals surface area (Å²) in [6.07, 6.45) is 5.48. The predicted molar refractivity (Wildman–Crippen MR) is 86.9 cm³/mol. The number of benzene rings is 2. The van der Waals surface area contributed by atoms with Crippen molar-refractivity contribution in [1.29, 1.82) is 0 Å². The smallest absolute Gasteiger partial charge is 0.147 e. The molecule has 21 heavy (non-hydrogen) atoms. The van der Waals surface area contributed by atoms with Gasteiger partial charge in [0.25, 0.3) is 0 Å². The Balaban J connectivity index is 1.84. The minimum Gasteiger partial charge on any atom is -0.375 e. The van der Waals surface area contributed by atoms with Gasteiger partial charge in [-0.1, -0.05) is 58.4 Å². The van der Waals surface area contributed by atoms with Crippen LogP contribution in [0.2, 0.25) is 0 Å². The Morgan fingerprint density at radius 1 is 1.14 bits per heavy atom. The summed E-state index contributed by atoms with van der Waals surface area (Å²) >= 11 is 3.41.